The standard InChI is InChI=1S/C15H19N5/c1-10-4-6-16-14(17-10)13-5-7-20(9-13)15-18-11(2)8-12(3)19-15/h4,6,8,13H,5,7,9H2,1-3H3/t13-/m0/s1. The smallest absolute Gasteiger partial charge is 0.225 e. The van der Waals surface area contributed by atoms with E-state index in [0.717, 1.165) is 48.4 Å². The van der Waals surface area contributed by atoms with Gasteiger partial charge in [-0.1, -0.05) is 0 Å². The number of aromatic nitrogens is 4. The lowest BCUT2D eigenvalue weighted by molar-refractivity contribution is 0.702. The van der Waals surface area contributed by atoms with E-state index in [1.54, 1.807) is 0 Å². The van der Waals surface area contributed by atoms with Gasteiger partial charge in [-0.05, 0) is 39.3 Å². The molecule has 3 rings (SSSR count). The molecular weight excluding hydrogens is 250 g/mol. The highest BCUT2D eigenvalue weighted by Gasteiger charge is 2.27. The molecule has 0 spiro atoms. The van der Waals surface area contributed by atoms with Gasteiger partial charge in [0.25, 0.3) is 0 Å². The molecule has 20 heavy (non-hydrogen) atoms. The van der Waals surface area contributed by atoms with E-state index < -0.39 is 0 Å². The van der Waals surface area contributed by atoms with Crippen LogP contribution in [0.2, 0.25) is 0 Å². The number of nitrogens with zero attached hydrogens (tertiary/aromatic N) is 5. The van der Waals surface area contributed by atoms with E-state index in [0.29, 0.717) is 5.92 Å². The van der Waals surface area contributed by atoms with Crippen LogP contribution >= 0.6 is 0 Å². The average Bonchev–Trinajstić information content (AvgIpc) is 2.87. The van der Waals surface area contributed by atoms with E-state index in [1.165, 1.54) is 0 Å². The van der Waals surface area contributed by atoms with Gasteiger partial charge in [-0.2, -0.15) is 0 Å². The Morgan fingerprint density at radius 1 is 1.05 bits per heavy atom. The van der Waals surface area contributed by atoms with Crippen LogP contribution in [0.3, 0.4) is 0 Å². The molecule has 1 aliphatic rings. The van der Waals surface area contributed by atoms with Gasteiger partial charge in [0, 0.05) is 42.3 Å². The minimum Gasteiger partial charge on any atom is -0.340 e. The third kappa shape index (κ3) is 2.61. The first kappa shape index (κ1) is 13.0. The zero-order valence-corrected chi connectivity index (χ0v) is 12.2. The van der Waals surface area contributed by atoms with Crippen LogP contribution in [-0.2, 0) is 0 Å². The number of rotatable bonds is 2. The minimum atomic E-state index is 0.374. The summed E-state index contributed by atoms with van der Waals surface area (Å²) in [4.78, 5) is 20.2. The zero-order valence-electron chi connectivity index (χ0n) is 12.2. The number of aryl methyl sites for hydroxylation is 3. The quantitative estimate of drug-likeness (QED) is 0.836. The van der Waals surface area contributed by atoms with E-state index in [9.17, 15) is 0 Å². The van der Waals surface area contributed by atoms with E-state index >= 15 is 0 Å². The molecule has 5 nitrogen and oxygen atoms in total. The molecule has 1 saturated heterocycles. The summed E-state index contributed by atoms with van der Waals surface area (Å²) >= 11 is 0. The molecule has 0 aliphatic carbocycles. The third-order valence-corrected chi connectivity index (χ3v) is 3.62. The fourth-order valence-corrected chi connectivity index (χ4v) is 2.67. The predicted molar refractivity (Wildman–Crippen MR) is 77.8 cm³/mol. The van der Waals surface area contributed by atoms with Gasteiger partial charge in [-0.3, -0.25) is 0 Å². The molecule has 0 amide bonds. The molecule has 2 aromatic rings. The SMILES string of the molecule is Cc1ccnc([C@H]2CCN(c3nc(C)cc(C)n3)C2)n1. The van der Waals surface area contributed by atoms with Gasteiger partial charge >= 0.3 is 0 Å². The predicted octanol–water partition coefficient (Wildman–Crippen LogP) is 2.19. The maximum absolute atomic E-state index is 4.54. The largest absolute Gasteiger partial charge is 0.340 e. The minimum absolute atomic E-state index is 0.374. The number of hydrogen-bond acceptors (Lipinski definition) is 5. The highest BCUT2D eigenvalue weighted by Crippen LogP contribution is 2.27. The summed E-state index contributed by atoms with van der Waals surface area (Å²) in [6.45, 7) is 7.88. The second-order valence-electron chi connectivity index (χ2n) is 5.44. The normalized spacial score (nSPS) is 18.6. The third-order valence-electron chi connectivity index (χ3n) is 3.62. The molecule has 1 atom stereocenters. The molecule has 5 heteroatoms. The summed E-state index contributed by atoms with van der Waals surface area (Å²) < 4.78 is 0. The fraction of sp³-hybridized carbons (Fsp3) is 0.467. The van der Waals surface area contributed by atoms with Crippen molar-refractivity contribution in [3.05, 3.63) is 41.2 Å². The Bertz CT molecular complexity index is 605. The monoisotopic (exact) mass is 269 g/mol. The maximum atomic E-state index is 4.54. The second-order valence-corrected chi connectivity index (χ2v) is 5.44. The highest BCUT2D eigenvalue weighted by molar-refractivity contribution is 5.35. The molecule has 0 N–H and O–H groups in total. The molecule has 0 bridgehead atoms. The molecule has 2 aromatic heterocycles. The van der Waals surface area contributed by atoms with Crippen molar-refractivity contribution in [2.45, 2.75) is 33.1 Å². The number of anilines is 1. The van der Waals surface area contributed by atoms with Gasteiger partial charge in [0.05, 0.1) is 0 Å². The lowest BCUT2D eigenvalue weighted by Gasteiger charge is -2.17. The maximum Gasteiger partial charge on any atom is 0.225 e. The van der Waals surface area contributed by atoms with Gasteiger partial charge in [0.1, 0.15) is 5.82 Å². The summed E-state index contributed by atoms with van der Waals surface area (Å²) in [6, 6.07) is 3.93. The summed E-state index contributed by atoms with van der Waals surface area (Å²) in [5.74, 6) is 2.15. The van der Waals surface area contributed by atoms with Crippen LogP contribution in [0, 0.1) is 20.8 Å². The molecule has 1 aliphatic heterocycles. The Morgan fingerprint density at radius 3 is 2.50 bits per heavy atom. The van der Waals surface area contributed by atoms with Crippen LogP contribution in [0.25, 0.3) is 0 Å². The molecule has 1 fully saturated rings. The molecule has 3 heterocycles. The second kappa shape index (κ2) is 5.15. The fourth-order valence-electron chi connectivity index (χ4n) is 2.67. The summed E-state index contributed by atoms with van der Waals surface area (Å²) in [6.07, 6.45) is 2.90. The van der Waals surface area contributed by atoms with E-state index in [-0.39, 0.29) is 0 Å². The van der Waals surface area contributed by atoms with Crippen molar-refractivity contribution in [3.8, 4) is 0 Å². The van der Waals surface area contributed by atoms with Crippen LogP contribution in [-0.4, -0.2) is 33.0 Å². The van der Waals surface area contributed by atoms with Crippen LogP contribution in [0.4, 0.5) is 5.95 Å². The Kier molecular flexibility index (Phi) is 3.34. The van der Waals surface area contributed by atoms with Gasteiger partial charge in [0.15, 0.2) is 0 Å². The van der Waals surface area contributed by atoms with Crippen molar-refractivity contribution >= 4 is 5.95 Å². The van der Waals surface area contributed by atoms with Crippen LogP contribution in [0.5, 0.6) is 0 Å². The first-order chi connectivity index (χ1) is 9.61. The van der Waals surface area contributed by atoms with Crippen LogP contribution < -0.4 is 4.90 Å². The lowest BCUT2D eigenvalue weighted by Crippen LogP contribution is -2.22. The first-order valence-corrected chi connectivity index (χ1v) is 6.98. The van der Waals surface area contributed by atoms with Crippen molar-refractivity contribution in [3.63, 3.8) is 0 Å². The molecule has 0 aromatic carbocycles. The van der Waals surface area contributed by atoms with Crippen molar-refractivity contribution in [2.75, 3.05) is 18.0 Å². The topological polar surface area (TPSA) is 54.8 Å². The summed E-state index contributed by atoms with van der Waals surface area (Å²) in [7, 11) is 0. The van der Waals surface area contributed by atoms with Crippen LogP contribution in [0.15, 0.2) is 18.3 Å². The zero-order chi connectivity index (χ0) is 14.1. The van der Waals surface area contributed by atoms with Crippen LogP contribution in [0.1, 0.15) is 35.2 Å². The van der Waals surface area contributed by atoms with E-state index in [2.05, 4.69) is 24.8 Å². The molecule has 0 radical (unpaired) electrons. The highest BCUT2D eigenvalue weighted by atomic mass is 15.3. The number of hydrogen-bond donors (Lipinski definition) is 0. The lowest BCUT2D eigenvalue weighted by atomic mass is 10.1. The van der Waals surface area contributed by atoms with Gasteiger partial charge in [-0.25, -0.2) is 19.9 Å². The van der Waals surface area contributed by atoms with Crippen molar-refractivity contribution in [1.82, 2.24) is 19.9 Å². The van der Waals surface area contributed by atoms with Crippen molar-refractivity contribution in [2.24, 2.45) is 0 Å². The molecule has 0 unspecified atom stereocenters. The molecule has 0 saturated carbocycles. The van der Waals surface area contributed by atoms with Crippen molar-refractivity contribution < 1.29 is 0 Å². The molecule has 104 valence electrons. The Labute approximate surface area is 119 Å². The average molecular weight is 269 g/mol. The van der Waals surface area contributed by atoms with Gasteiger partial charge in [-0.15, -0.1) is 0 Å². The summed E-state index contributed by atoms with van der Waals surface area (Å²) in [5.41, 5.74) is 3.06. The van der Waals surface area contributed by atoms with E-state index in [4.69, 9.17) is 0 Å². The summed E-state index contributed by atoms with van der Waals surface area (Å²) in [5, 5.41) is 0. The van der Waals surface area contributed by atoms with Gasteiger partial charge < -0.3 is 4.90 Å². The van der Waals surface area contributed by atoms with E-state index in [1.807, 2.05) is 39.1 Å². The first-order valence-electron chi connectivity index (χ1n) is 6.98. The Morgan fingerprint density at radius 2 is 1.80 bits per heavy atom. The Hall–Kier alpha value is -2.04. The van der Waals surface area contributed by atoms with Gasteiger partial charge in [0.2, 0.25) is 5.95 Å². The Balaban J connectivity index is 1.79. The van der Waals surface area contributed by atoms with Crippen molar-refractivity contribution in [1.29, 1.82) is 0 Å². The molecular formula is C15H19N5.